The van der Waals surface area contributed by atoms with Gasteiger partial charge in [0.2, 0.25) is 0 Å². The fourth-order valence-corrected chi connectivity index (χ4v) is 1.48. The number of rotatable bonds is 2. The van der Waals surface area contributed by atoms with Crippen LogP contribution in [0.15, 0.2) is 23.0 Å². The fraction of sp³-hybridized carbons (Fsp3) is 0.300. The molecule has 16 heavy (non-hydrogen) atoms. The zero-order chi connectivity index (χ0) is 11.7. The first-order valence-corrected chi connectivity index (χ1v) is 4.90. The molecule has 2 aromatic rings. The Kier molecular flexibility index (Phi) is 2.55. The third-order valence-electron chi connectivity index (χ3n) is 2.32. The largest absolute Gasteiger partial charge is 0.365 e. The second-order valence-electron chi connectivity index (χ2n) is 3.78. The van der Waals surface area contributed by atoms with Crippen molar-refractivity contribution in [3.63, 3.8) is 0 Å². The van der Waals surface area contributed by atoms with Crippen LogP contribution in [0.25, 0.3) is 5.69 Å². The van der Waals surface area contributed by atoms with E-state index in [0.29, 0.717) is 11.3 Å². The van der Waals surface area contributed by atoms with Gasteiger partial charge in [0.15, 0.2) is 0 Å². The van der Waals surface area contributed by atoms with Crippen LogP contribution in [-0.2, 0) is 0 Å². The average Bonchev–Trinajstić information content (AvgIpc) is 2.63. The number of H-pyrrole nitrogens is 1. The van der Waals surface area contributed by atoms with Crippen molar-refractivity contribution in [2.75, 3.05) is 0 Å². The molecule has 0 amide bonds. The normalized spacial score (nSPS) is 11.0. The van der Waals surface area contributed by atoms with Gasteiger partial charge in [-0.2, -0.15) is 4.68 Å². The van der Waals surface area contributed by atoms with Gasteiger partial charge in [0.25, 0.3) is 0 Å². The van der Waals surface area contributed by atoms with Gasteiger partial charge in [-0.15, -0.1) is 0 Å². The topological polar surface area (TPSA) is 63.6 Å². The van der Waals surface area contributed by atoms with Crippen LogP contribution in [0, 0.1) is 5.82 Å². The number of hydrogen-bond donors (Lipinski definition) is 1. The van der Waals surface area contributed by atoms with E-state index in [1.165, 1.54) is 6.07 Å². The summed E-state index contributed by atoms with van der Waals surface area (Å²) >= 11 is 0. The van der Waals surface area contributed by atoms with Gasteiger partial charge in [-0.3, -0.25) is 0 Å². The first kappa shape index (κ1) is 10.5. The second-order valence-corrected chi connectivity index (χ2v) is 3.78. The summed E-state index contributed by atoms with van der Waals surface area (Å²) in [6, 6.07) is 4.57. The lowest BCUT2D eigenvalue weighted by Gasteiger charge is -2.07. The Morgan fingerprint density at radius 2 is 2.19 bits per heavy atom. The predicted molar refractivity (Wildman–Crippen MR) is 56.0 cm³/mol. The molecule has 6 heteroatoms. The van der Waals surface area contributed by atoms with Crippen LogP contribution in [0.4, 0.5) is 4.39 Å². The van der Waals surface area contributed by atoms with E-state index in [-0.39, 0.29) is 11.7 Å². The number of benzene rings is 1. The molecule has 0 radical (unpaired) electrons. The van der Waals surface area contributed by atoms with E-state index in [9.17, 15) is 9.18 Å². The van der Waals surface area contributed by atoms with Crippen LogP contribution < -0.4 is 5.69 Å². The van der Waals surface area contributed by atoms with Crippen molar-refractivity contribution in [2.45, 2.75) is 19.8 Å². The molecular weight excluding hydrogens is 211 g/mol. The van der Waals surface area contributed by atoms with E-state index in [0.717, 1.165) is 4.68 Å². The van der Waals surface area contributed by atoms with Crippen LogP contribution in [-0.4, -0.2) is 20.2 Å². The first-order chi connectivity index (χ1) is 7.59. The monoisotopic (exact) mass is 222 g/mol. The van der Waals surface area contributed by atoms with Crippen molar-refractivity contribution in [1.29, 1.82) is 0 Å². The van der Waals surface area contributed by atoms with Gasteiger partial charge in [-0.1, -0.05) is 19.9 Å². The Morgan fingerprint density at radius 3 is 2.69 bits per heavy atom. The summed E-state index contributed by atoms with van der Waals surface area (Å²) in [4.78, 5) is 11.2. The minimum atomic E-state index is -0.489. The number of hydrogen-bond acceptors (Lipinski definition) is 3. The van der Waals surface area contributed by atoms with E-state index in [2.05, 4.69) is 15.5 Å². The summed E-state index contributed by atoms with van der Waals surface area (Å²) < 4.78 is 14.7. The Morgan fingerprint density at radius 1 is 1.44 bits per heavy atom. The van der Waals surface area contributed by atoms with Gasteiger partial charge >= 0.3 is 5.69 Å². The lowest BCUT2D eigenvalue weighted by Crippen LogP contribution is -2.16. The summed E-state index contributed by atoms with van der Waals surface area (Å²) in [5, 5.41) is 9.02. The van der Waals surface area contributed by atoms with Gasteiger partial charge in [0.05, 0.1) is 5.69 Å². The highest BCUT2D eigenvalue weighted by molar-refractivity contribution is 5.35. The van der Waals surface area contributed by atoms with Gasteiger partial charge in [-0.05, 0) is 28.0 Å². The number of halogens is 1. The molecule has 0 aliphatic rings. The summed E-state index contributed by atoms with van der Waals surface area (Å²) in [5.74, 6) is -0.245. The number of aromatic amines is 1. The number of aromatic nitrogens is 4. The SMILES string of the molecule is CC(C)c1ccc(-n2nn[nH]c2=O)cc1F. The molecule has 1 heterocycles. The van der Waals surface area contributed by atoms with E-state index >= 15 is 0 Å². The molecule has 1 aromatic heterocycles. The molecular formula is C10H11FN4O. The average molecular weight is 222 g/mol. The van der Waals surface area contributed by atoms with Crippen molar-refractivity contribution in [2.24, 2.45) is 0 Å². The van der Waals surface area contributed by atoms with Crippen LogP contribution >= 0.6 is 0 Å². The molecule has 0 aliphatic carbocycles. The van der Waals surface area contributed by atoms with Crippen molar-refractivity contribution in [1.82, 2.24) is 20.2 Å². The second kappa shape index (κ2) is 3.88. The highest BCUT2D eigenvalue weighted by Crippen LogP contribution is 2.20. The maximum atomic E-state index is 13.7. The molecule has 0 aliphatic heterocycles. The smallest absolute Gasteiger partial charge is 0.244 e. The molecule has 0 saturated heterocycles. The standard InChI is InChI=1S/C10H11FN4O/c1-6(2)8-4-3-7(5-9(8)11)15-10(16)12-13-14-15/h3-6H,1-2H3,(H,12,14,16). The third kappa shape index (κ3) is 1.73. The fourth-order valence-electron chi connectivity index (χ4n) is 1.48. The molecule has 0 spiro atoms. The molecule has 0 atom stereocenters. The van der Waals surface area contributed by atoms with Crippen molar-refractivity contribution in [3.8, 4) is 5.69 Å². The van der Waals surface area contributed by atoms with Crippen LogP contribution in [0.3, 0.4) is 0 Å². The molecule has 0 unspecified atom stereocenters. The maximum Gasteiger partial charge on any atom is 0.365 e. The molecule has 0 fully saturated rings. The summed E-state index contributed by atoms with van der Waals surface area (Å²) in [7, 11) is 0. The van der Waals surface area contributed by atoms with Gasteiger partial charge in [0, 0.05) is 6.07 Å². The highest BCUT2D eigenvalue weighted by atomic mass is 19.1. The number of nitrogens with zero attached hydrogens (tertiary/aromatic N) is 3. The quantitative estimate of drug-likeness (QED) is 0.830. The Labute approximate surface area is 90.9 Å². The Bertz CT molecular complexity index is 558. The molecule has 1 aromatic carbocycles. The molecule has 0 bridgehead atoms. The van der Waals surface area contributed by atoms with Crippen molar-refractivity contribution < 1.29 is 4.39 Å². The number of tetrazole rings is 1. The van der Waals surface area contributed by atoms with Crippen LogP contribution in [0.1, 0.15) is 25.3 Å². The van der Waals surface area contributed by atoms with Gasteiger partial charge in [0.1, 0.15) is 5.82 Å². The lowest BCUT2D eigenvalue weighted by atomic mass is 10.0. The predicted octanol–water partition coefficient (Wildman–Crippen LogP) is 1.22. The van der Waals surface area contributed by atoms with Crippen molar-refractivity contribution in [3.05, 3.63) is 40.1 Å². The van der Waals surface area contributed by atoms with Gasteiger partial charge in [-0.25, -0.2) is 14.3 Å². The number of nitrogens with one attached hydrogen (secondary N) is 1. The highest BCUT2D eigenvalue weighted by Gasteiger charge is 2.09. The van der Waals surface area contributed by atoms with Crippen molar-refractivity contribution >= 4 is 0 Å². The Hall–Kier alpha value is -1.98. The summed E-state index contributed by atoms with van der Waals surface area (Å²) in [6.45, 7) is 3.81. The van der Waals surface area contributed by atoms with E-state index < -0.39 is 5.69 Å². The zero-order valence-corrected chi connectivity index (χ0v) is 8.94. The molecule has 1 N–H and O–H groups in total. The van der Waals surface area contributed by atoms with Gasteiger partial charge < -0.3 is 0 Å². The molecule has 2 rings (SSSR count). The molecule has 0 saturated carbocycles. The van der Waals surface area contributed by atoms with Crippen LogP contribution in [0.5, 0.6) is 0 Å². The lowest BCUT2D eigenvalue weighted by molar-refractivity contribution is 0.595. The molecule has 84 valence electrons. The van der Waals surface area contributed by atoms with E-state index in [4.69, 9.17) is 0 Å². The van der Waals surface area contributed by atoms with Crippen LogP contribution in [0.2, 0.25) is 0 Å². The minimum Gasteiger partial charge on any atom is -0.244 e. The molecule has 5 nitrogen and oxygen atoms in total. The summed E-state index contributed by atoms with van der Waals surface area (Å²) in [6.07, 6.45) is 0. The summed E-state index contributed by atoms with van der Waals surface area (Å²) in [5.41, 5.74) is 0.484. The zero-order valence-electron chi connectivity index (χ0n) is 8.94. The first-order valence-electron chi connectivity index (χ1n) is 4.90. The third-order valence-corrected chi connectivity index (χ3v) is 2.32. The maximum absolute atomic E-state index is 13.7. The minimum absolute atomic E-state index is 0.100. The van der Waals surface area contributed by atoms with E-state index in [1.54, 1.807) is 12.1 Å². The van der Waals surface area contributed by atoms with E-state index in [1.807, 2.05) is 13.8 Å². The Balaban J connectivity index is 2.50.